The molecule has 0 fully saturated rings. The van der Waals surface area contributed by atoms with E-state index in [-0.39, 0.29) is 18.1 Å². The summed E-state index contributed by atoms with van der Waals surface area (Å²) in [5.74, 6) is 0.723. The van der Waals surface area contributed by atoms with Gasteiger partial charge in [0.25, 0.3) is 5.56 Å². The largest absolute Gasteiger partial charge is 0.492 e. The van der Waals surface area contributed by atoms with Crippen LogP contribution in [0.1, 0.15) is 61.8 Å². The fraction of sp³-hybridized carbons (Fsp3) is 0.500. The Bertz CT molecular complexity index is 1130. The van der Waals surface area contributed by atoms with E-state index in [0.29, 0.717) is 12.2 Å². The molecule has 2 heterocycles. The topological polar surface area (TPSA) is 82.5 Å². The molecule has 0 bridgehead atoms. The lowest BCUT2D eigenvalue weighted by atomic mass is 10.0. The van der Waals surface area contributed by atoms with Gasteiger partial charge in [-0.25, -0.2) is 0 Å². The Morgan fingerprint density at radius 2 is 2.00 bits per heavy atom. The number of ether oxygens (including phenoxy) is 1. The first-order chi connectivity index (χ1) is 15.7. The van der Waals surface area contributed by atoms with E-state index in [9.17, 15) is 9.90 Å². The SMILES string of the molecule is CCCc1cc(C)[nH]c(=O)c1CNC(O)c1cc(OCCN(C)C)cc2c1ccn2C(C)C. The Balaban J connectivity index is 1.91. The first-order valence-electron chi connectivity index (χ1n) is 11.8. The summed E-state index contributed by atoms with van der Waals surface area (Å²) in [6.07, 6.45) is 2.88. The van der Waals surface area contributed by atoms with Crippen molar-refractivity contribution in [3.8, 4) is 5.75 Å². The molecule has 3 rings (SSSR count). The quantitative estimate of drug-likeness (QED) is 0.383. The average Bonchev–Trinajstić information content (AvgIpc) is 3.16. The molecule has 0 aliphatic rings. The van der Waals surface area contributed by atoms with Gasteiger partial charge in [-0.05, 0) is 65.0 Å². The maximum Gasteiger partial charge on any atom is 0.252 e. The van der Waals surface area contributed by atoms with E-state index >= 15 is 0 Å². The highest BCUT2D eigenvalue weighted by molar-refractivity contribution is 5.85. The summed E-state index contributed by atoms with van der Waals surface area (Å²) in [6, 6.07) is 8.26. The Kier molecular flexibility index (Phi) is 8.35. The monoisotopic (exact) mass is 454 g/mol. The maximum atomic E-state index is 12.6. The fourth-order valence-electron chi connectivity index (χ4n) is 4.15. The standard InChI is InChI=1S/C26H38N4O3/c1-7-8-19-13-18(4)28-26(32)23(19)16-27-25(31)22-14-20(33-12-11-29(5)6)15-24-21(22)9-10-30(24)17(2)3/h9-10,13-15,17,25,27,31H,7-8,11-12,16H2,1-6H3,(H,28,32). The number of aromatic nitrogens is 2. The van der Waals surface area contributed by atoms with Gasteiger partial charge in [-0.1, -0.05) is 13.3 Å². The fourth-order valence-corrected chi connectivity index (χ4v) is 4.15. The highest BCUT2D eigenvalue weighted by Gasteiger charge is 2.18. The summed E-state index contributed by atoms with van der Waals surface area (Å²) >= 11 is 0. The molecule has 3 aromatic rings. The van der Waals surface area contributed by atoms with Crippen LogP contribution in [0.15, 0.2) is 35.3 Å². The minimum atomic E-state index is -0.942. The van der Waals surface area contributed by atoms with Gasteiger partial charge in [0.2, 0.25) is 0 Å². The van der Waals surface area contributed by atoms with Crippen LogP contribution in [0.2, 0.25) is 0 Å². The molecular weight excluding hydrogens is 416 g/mol. The highest BCUT2D eigenvalue weighted by Crippen LogP contribution is 2.31. The van der Waals surface area contributed by atoms with Crippen molar-refractivity contribution in [2.75, 3.05) is 27.2 Å². The van der Waals surface area contributed by atoms with Gasteiger partial charge in [0.1, 0.15) is 18.6 Å². The zero-order valence-electron chi connectivity index (χ0n) is 20.7. The Morgan fingerprint density at radius 1 is 1.24 bits per heavy atom. The summed E-state index contributed by atoms with van der Waals surface area (Å²) in [6.45, 7) is 9.90. The molecule has 3 N–H and O–H groups in total. The van der Waals surface area contributed by atoms with Crippen LogP contribution in [-0.4, -0.2) is 46.8 Å². The predicted octanol–water partition coefficient (Wildman–Crippen LogP) is 3.89. The molecule has 2 aromatic heterocycles. The zero-order valence-corrected chi connectivity index (χ0v) is 20.7. The van der Waals surface area contributed by atoms with Gasteiger partial charge in [0.05, 0.1) is 5.52 Å². The first kappa shape index (κ1) is 25.0. The summed E-state index contributed by atoms with van der Waals surface area (Å²) in [7, 11) is 4.02. The van der Waals surface area contributed by atoms with Crippen molar-refractivity contribution >= 4 is 10.9 Å². The molecule has 1 aromatic carbocycles. The lowest BCUT2D eigenvalue weighted by molar-refractivity contribution is 0.138. The lowest BCUT2D eigenvalue weighted by Crippen LogP contribution is -2.27. The summed E-state index contributed by atoms with van der Waals surface area (Å²) in [5, 5.41) is 15.3. The van der Waals surface area contributed by atoms with Crippen molar-refractivity contribution < 1.29 is 9.84 Å². The van der Waals surface area contributed by atoms with Crippen molar-refractivity contribution in [2.24, 2.45) is 0 Å². The van der Waals surface area contributed by atoms with Gasteiger partial charge in [0.15, 0.2) is 0 Å². The number of aliphatic hydroxyl groups excluding tert-OH is 1. The normalized spacial score (nSPS) is 12.8. The van der Waals surface area contributed by atoms with E-state index in [0.717, 1.165) is 52.9 Å². The van der Waals surface area contributed by atoms with Crippen LogP contribution in [0.3, 0.4) is 0 Å². The number of nitrogens with one attached hydrogen (secondary N) is 2. The summed E-state index contributed by atoms with van der Waals surface area (Å²) in [4.78, 5) is 17.6. The third kappa shape index (κ3) is 6.05. The second-order valence-electron chi connectivity index (χ2n) is 9.23. The number of H-pyrrole nitrogens is 1. The highest BCUT2D eigenvalue weighted by atomic mass is 16.5. The maximum absolute atomic E-state index is 12.6. The third-order valence-corrected chi connectivity index (χ3v) is 5.86. The van der Waals surface area contributed by atoms with Gasteiger partial charge in [-0.15, -0.1) is 0 Å². The number of likely N-dealkylation sites (N-methyl/N-ethyl adjacent to an activating group) is 1. The molecule has 0 saturated heterocycles. The van der Waals surface area contributed by atoms with Crippen LogP contribution < -0.4 is 15.6 Å². The van der Waals surface area contributed by atoms with Gasteiger partial charge >= 0.3 is 0 Å². The molecular formula is C26H38N4O3. The van der Waals surface area contributed by atoms with Crippen molar-refractivity contribution in [1.29, 1.82) is 0 Å². The number of aromatic amines is 1. The summed E-state index contributed by atoms with van der Waals surface area (Å²) in [5.41, 5.74) is 4.21. The predicted molar refractivity (Wildman–Crippen MR) is 134 cm³/mol. The smallest absolute Gasteiger partial charge is 0.252 e. The number of hydrogen-bond acceptors (Lipinski definition) is 5. The molecule has 7 heteroatoms. The molecule has 1 unspecified atom stereocenters. The van der Waals surface area contributed by atoms with Crippen LogP contribution in [0.5, 0.6) is 5.75 Å². The van der Waals surface area contributed by atoms with Crippen molar-refractivity contribution in [3.05, 3.63) is 63.2 Å². The number of pyridine rings is 1. The first-order valence-corrected chi connectivity index (χ1v) is 11.8. The van der Waals surface area contributed by atoms with E-state index in [2.05, 4.69) is 40.5 Å². The number of benzene rings is 1. The van der Waals surface area contributed by atoms with E-state index < -0.39 is 6.23 Å². The number of aliphatic hydroxyl groups is 1. The van der Waals surface area contributed by atoms with Crippen LogP contribution in [0, 0.1) is 6.92 Å². The Morgan fingerprint density at radius 3 is 2.67 bits per heavy atom. The number of hydrogen-bond donors (Lipinski definition) is 3. The second kappa shape index (κ2) is 11.0. The minimum Gasteiger partial charge on any atom is -0.492 e. The molecule has 7 nitrogen and oxygen atoms in total. The van der Waals surface area contributed by atoms with Crippen LogP contribution >= 0.6 is 0 Å². The molecule has 0 spiro atoms. The third-order valence-electron chi connectivity index (χ3n) is 5.86. The van der Waals surface area contributed by atoms with Crippen LogP contribution in [0.4, 0.5) is 0 Å². The summed E-state index contributed by atoms with van der Waals surface area (Å²) < 4.78 is 8.19. The lowest BCUT2D eigenvalue weighted by Gasteiger charge is -2.19. The zero-order chi connectivity index (χ0) is 24.1. The van der Waals surface area contributed by atoms with E-state index in [1.807, 2.05) is 51.5 Å². The van der Waals surface area contributed by atoms with E-state index in [1.165, 1.54) is 0 Å². The number of aryl methyl sites for hydroxylation is 2. The molecule has 0 radical (unpaired) electrons. The van der Waals surface area contributed by atoms with Crippen LogP contribution in [-0.2, 0) is 13.0 Å². The minimum absolute atomic E-state index is 0.102. The molecule has 1 atom stereocenters. The molecule has 0 aliphatic carbocycles. The van der Waals surface area contributed by atoms with E-state index in [4.69, 9.17) is 4.74 Å². The molecule has 33 heavy (non-hydrogen) atoms. The van der Waals surface area contributed by atoms with Gasteiger partial charge in [-0.2, -0.15) is 0 Å². The second-order valence-corrected chi connectivity index (χ2v) is 9.23. The average molecular weight is 455 g/mol. The molecule has 0 aliphatic heterocycles. The van der Waals surface area contributed by atoms with Gasteiger partial charge in [-0.3, -0.25) is 10.1 Å². The Labute approximate surface area is 196 Å². The number of nitrogens with zero attached hydrogens (tertiary/aromatic N) is 2. The van der Waals surface area contributed by atoms with Gasteiger partial charge in [0, 0.05) is 53.6 Å². The van der Waals surface area contributed by atoms with Gasteiger partial charge < -0.3 is 24.3 Å². The number of fused-ring (bicyclic) bond motifs is 1. The molecule has 0 amide bonds. The van der Waals surface area contributed by atoms with Crippen LogP contribution in [0.25, 0.3) is 10.9 Å². The Hall–Kier alpha value is -2.61. The van der Waals surface area contributed by atoms with Crippen molar-refractivity contribution in [2.45, 2.75) is 59.4 Å². The molecule has 0 saturated carbocycles. The van der Waals surface area contributed by atoms with Crippen molar-refractivity contribution in [3.63, 3.8) is 0 Å². The van der Waals surface area contributed by atoms with Crippen molar-refractivity contribution in [1.82, 2.24) is 19.8 Å². The molecule has 180 valence electrons. The van der Waals surface area contributed by atoms with E-state index in [1.54, 1.807) is 0 Å². The number of rotatable bonds is 11.